The number of carbonyl (C=O) groups excluding carboxylic acids is 1. The van der Waals surface area contributed by atoms with Crippen LogP contribution in [0.15, 0.2) is 18.5 Å². The van der Waals surface area contributed by atoms with Gasteiger partial charge in [-0.1, -0.05) is 0 Å². The van der Waals surface area contributed by atoms with Crippen molar-refractivity contribution in [1.82, 2.24) is 24.5 Å². The third-order valence-corrected chi connectivity index (χ3v) is 5.27. The summed E-state index contributed by atoms with van der Waals surface area (Å²) < 4.78 is 9.77. The largest absolute Gasteiger partial charge is 0.380 e. The van der Waals surface area contributed by atoms with E-state index in [1.165, 1.54) is 18.5 Å². The molecule has 7 nitrogen and oxygen atoms in total. The van der Waals surface area contributed by atoms with Crippen molar-refractivity contribution in [2.75, 3.05) is 19.8 Å². The fraction of sp³-hybridized carbons (Fsp3) is 0.632. The highest BCUT2D eigenvalue weighted by molar-refractivity contribution is 5.78. The molecule has 7 heteroatoms. The normalized spacial score (nSPS) is 19.6. The van der Waals surface area contributed by atoms with Crippen LogP contribution < -0.4 is 0 Å². The predicted molar refractivity (Wildman–Crippen MR) is 96.5 cm³/mol. The maximum Gasteiger partial charge on any atom is 0.228 e. The topological polar surface area (TPSA) is 65.2 Å². The molecule has 140 valence electrons. The van der Waals surface area contributed by atoms with Crippen LogP contribution in [0.25, 0.3) is 0 Å². The maximum atomic E-state index is 12.8. The zero-order valence-electron chi connectivity index (χ0n) is 15.6. The van der Waals surface area contributed by atoms with Crippen molar-refractivity contribution in [3.05, 3.63) is 35.4 Å². The van der Waals surface area contributed by atoms with E-state index in [1.54, 1.807) is 4.68 Å². The van der Waals surface area contributed by atoms with Gasteiger partial charge in [0.15, 0.2) is 0 Å². The van der Waals surface area contributed by atoms with Gasteiger partial charge in [0, 0.05) is 51.0 Å². The second kappa shape index (κ2) is 7.23. The van der Waals surface area contributed by atoms with Crippen LogP contribution in [-0.4, -0.2) is 50.1 Å². The van der Waals surface area contributed by atoms with Gasteiger partial charge in [-0.15, -0.1) is 0 Å². The highest BCUT2D eigenvalue weighted by Crippen LogP contribution is 2.32. The summed E-state index contributed by atoms with van der Waals surface area (Å²) in [6, 6.07) is 1.90. The molecule has 2 aromatic rings. The minimum Gasteiger partial charge on any atom is -0.380 e. The van der Waals surface area contributed by atoms with E-state index in [-0.39, 0.29) is 11.8 Å². The van der Waals surface area contributed by atoms with Crippen molar-refractivity contribution in [1.29, 1.82) is 0 Å². The average molecular weight is 357 g/mol. The lowest BCUT2D eigenvalue weighted by Gasteiger charge is -2.33. The molecule has 1 amide bonds. The Kier molecular flexibility index (Phi) is 4.80. The van der Waals surface area contributed by atoms with Crippen molar-refractivity contribution in [2.45, 2.75) is 45.2 Å². The molecule has 0 radical (unpaired) electrons. The third kappa shape index (κ3) is 3.67. The molecule has 3 heterocycles. The molecule has 1 aliphatic carbocycles. The number of hydrogen-bond acceptors (Lipinski definition) is 4. The molecule has 1 aliphatic heterocycles. The molecule has 1 saturated carbocycles. The van der Waals surface area contributed by atoms with Crippen LogP contribution in [0.4, 0.5) is 0 Å². The summed E-state index contributed by atoms with van der Waals surface area (Å²) >= 11 is 0. The minimum absolute atomic E-state index is 0.116. The number of nitrogens with zero attached hydrogens (tertiary/aromatic N) is 5. The summed E-state index contributed by atoms with van der Waals surface area (Å²) in [6.07, 6.45) is 6.70. The summed E-state index contributed by atoms with van der Waals surface area (Å²) in [7, 11) is 1.87. The van der Waals surface area contributed by atoms with Crippen LogP contribution in [0.3, 0.4) is 0 Å². The summed E-state index contributed by atoms with van der Waals surface area (Å²) in [5.74, 6) is 1.05. The average Bonchev–Trinajstić information content (AvgIpc) is 3.21. The number of rotatable bonds is 7. The van der Waals surface area contributed by atoms with Gasteiger partial charge in [-0.25, -0.2) is 0 Å². The second-order valence-electron chi connectivity index (χ2n) is 7.48. The SMILES string of the molecule is CCn1ncc2c1C(COCC1CC1)CN(C(=O)Cc1ccn(C)n1)C2. The first-order valence-electron chi connectivity index (χ1n) is 9.52. The first kappa shape index (κ1) is 17.3. The summed E-state index contributed by atoms with van der Waals surface area (Å²) in [4.78, 5) is 14.7. The van der Waals surface area contributed by atoms with Crippen molar-refractivity contribution < 1.29 is 9.53 Å². The summed E-state index contributed by atoms with van der Waals surface area (Å²) in [5, 5.41) is 8.84. The fourth-order valence-electron chi connectivity index (χ4n) is 3.71. The number of hydrogen-bond donors (Lipinski definition) is 0. The molecular formula is C19H27N5O2. The van der Waals surface area contributed by atoms with Gasteiger partial charge in [0.25, 0.3) is 0 Å². The Labute approximate surface area is 153 Å². The molecule has 2 aliphatic rings. The molecule has 0 aromatic carbocycles. The lowest BCUT2D eigenvalue weighted by atomic mass is 9.96. The smallest absolute Gasteiger partial charge is 0.228 e. The number of aryl methyl sites for hydroxylation is 2. The maximum absolute atomic E-state index is 12.8. The molecule has 0 saturated heterocycles. The Morgan fingerprint density at radius 3 is 2.88 bits per heavy atom. The van der Waals surface area contributed by atoms with E-state index in [0.29, 0.717) is 26.1 Å². The molecule has 2 aromatic heterocycles. The van der Waals surface area contributed by atoms with E-state index in [9.17, 15) is 4.79 Å². The molecule has 0 N–H and O–H groups in total. The van der Waals surface area contributed by atoms with E-state index >= 15 is 0 Å². The Balaban J connectivity index is 1.47. The van der Waals surface area contributed by atoms with Gasteiger partial charge < -0.3 is 9.64 Å². The van der Waals surface area contributed by atoms with E-state index in [4.69, 9.17) is 4.74 Å². The molecule has 0 bridgehead atoms. The fourth-order valence-corrected chi connectivity index (χ4v) is 3.71. The van der Waals surface area contributed by atoms with Crippen LogP contribution in [-0.2, 0) is 36.1 Å². The quantitative estimate of drug-likeness (QED) is 0.757. The van der Waals surface area contributed by atoms with Gasteiger partial charge in [-0.2, -0.15) is 10.2 Å². The van der Waals surface area contributed by atoms with Gasteiger partial charge in [0.2, 0.25) is 5.91 Å². The van der Waals surface area contributed by atoms with E-state index in [0.717, 1.165) is 30.3 Å². The molecule has 26 heavy (non-hydrogen) atoms. The molecule has 4 rings (SSSR count). The summed E-state index contributed by atoms with van der Waals surface area (Å²) in [6.45, 7) is 5.76. The van der Waals surface area contributed by atoms with Crippen molar-refractivity contribution in [2.24, 2.45) is 13.0 Å². The van der Waals surface area contributed by atoms with Gasteiger partial charge in [0.1, 0.15) is 0 Å². The van der Waals surface area contributed by atoms with Gasteiger partial charge in [-0.05, 0) is 31.7 Å². The van der Waals surface area contributed by atoms with Crippen LogP contribution in [0.1, 0.15) is 42.6 Å². The van der Waals surface area contributed by atoms with Crippen molar-refractivity contribution >= 4 is 5.91 Å². The zero-order chi connectivity index (χ0) is 18.1. The molecule has 1 fully saturated rings. The first-order chi connectivity index (χ1) is 12.6. The minimum atomic E-state index is 0.116. The zero-order valence-corrected chi connectivity index (χ0v) is 15.6. The molecule has 0 spiro atoms. The second-order valence-corrected chi connectivity index (χ2v) is 7.48. The van der Waals surface area contributed by atoms with Crippen LogP contribution in [0.5, 0.6) is 0 Å². The standard InChI is InChI=1S/C19H27N5O2/c1-3-24-19-15(9-20-24)10-23(11-16(19)13-26-12-14-4-5-14)18(25)8-17-6-7-22(2)21-17/h6-7,9,14,16H,3-5,8,10-13H2,1-2H3. The highest BCUT2D eigenvalue weighted by Gasteiger charge is 2.32. The van der Waals surface area contributed by atoms with Crippen LogP contribution >= 0.6 is 0 Å². The van der Waals surface area contributed by atoms with Gasteiger partial charge in [0.05, 0.1) is 30.6 Å². The predicted octanol–water partition coefficient (Wildman–Crippen LogP) is 1.73. The van der Waals surface area contributed by atoms with Gasteiger partial charge >= 0.3 is 0 Å². The van der Waals surface area contributed by atoms with E-state index in [1.807, 2.05) is 30.4 Å². The number of carbonyl (C=O) groups is 1. The van der Waals surface area contributed by atoms with Crippen molar-refractivity contribution in [3.8, 4) is 0 Å². The van der Waals surface area contributed by atoms with Crippen LogP contribution in [0, 0.1) is 5.92 Å². The van der Waals surface area contributed by atoms with Crippen molar-refractivity contribution in [3.63, 3.8) is 0 Å². The van der Waals surface area contributed by atoms with E-state index < -0.39 is 0 Å². The Morgan fingerprint density at radius 2 is 2.19 bits per heavy atom. The lowest BCUT2D eigenvalue weighted by molar-refractivity contribution is -0.132. The molecule has 1 unspecified atom stereocenters. The Hall–Kier alpha value is -2.15. The Morgan fingerprint density at radius 1 is 1.35 bits per heavy atom. The highest BCUT2D eigenvalue weighted by atomic mass is 16.5. The summed E-state index contributed by atoms with van der Waals surface area (Å²) in [5.41, 5.74) is 3.20. The first-order valence-corrected chi connectivity index (χ1v) is 9.52. The Bertz CT molecular complexity index is 777. The van der Waals surface area contributed by atoms with Gasteiger partial charge in [-0.3, -0.25) is 14.2 Å². The lowest BCUT2D eigenvalue weighted by Crippen LogP contribution is -2.41. The van der Waals surface area contributed by atoms with Crippen LogP contribution in [0.2, 0.25) is 0 Å². The number of aromatic nitrogens is 4. The monoisotopic (exact) mass is 357 g/mol. The number of ether oxygens (including phenoxy) is 1. The third-order valence-electron chi connectivity index (χ3n) is 5.27. The molecular weight excluding hydrogens is 330 g/mol. The molecule has 1 atom stereocenters. The number of amides is 1. The van der Waals surface area contributed by atoms with E-state index in [2.05, 4.69) is 21.8 Å². The number of fused-ring (bicyclic) bond motifs is 1.